The average molecular weight is 1670 g/mol. The van der Waals surface area contributed by atoms with Gasteiger partial charge in [-0.3, -0.25) is 35.8 Å². The number of non-ortho nitro benzene ring substituents is 3. The van der Waals surface area contributed by atoms with Crippen LogP contribution in [0.3, 0.4) is 0 Å². The van der Waals surface area contributed by atoms with Crippen LogP contribution in [0.5, 0.6) is 40.2 Å². The van der Waals surface area contributed by atoms with Gasteiger partial charge in [0.25, 0.3) is 17.1 Å². The van der Waals surface area contributed by atoms with Crippen molar-refractivity contribution >= 4 is 152 Å². The lowest BCUT2D eigenvalue weighted by Crippen LogP contribution is -2.10. The molecule has 0 saturated carbocycles. The number of thioether (sulfide) groups is 1. The Morgan fingerprint density at radius 3 is 1.21 bits per heavy atom. The maximum absolute atomic E-state index is 10.6. The van der Waals surface area contributed by atoms with Crippen molar-refractivity contribution in [2.24, 2.45) is 10.7 Å². The van der Waals surface area contributed by atoms with Gasteiger partial charge in [-0.15, -0.1) is 69.7 Å². The number of halogens is 3. The van der Waals surface area contributed by atoms with E-state index >= 15 is 0 Å². The van der Waals surface area contributed by atoms with Crippen molar-refractivity contribution in [3.63, 3.8) is 0 Å². The molecule has 9 N–H and O–H groups in total. The van der Waals surface area contributed by atoms with Crippen molar-refractivity contribution in [2.45, 2.75) is 28.7 Å². The molecule has 0 unspecified atom stereocenters. The van der Waals surface area contributed by atoms with Gasteiger partial charge < -0.3 is 56.1 Å². The summed E-state index contributed by atoms with van der Waals surface area (Å²) in [6.07, 6.45) is 2.50. The predicted octanol–water partition coefficient (Wildman–Crippen LogP) is 19.2. The minimum Gasteiger partial charge on any atom is -0.508 e. The van der Waals surface area contributed by atoms with E-state index in [2.05, 4.69) is 36.9 Å². The predicted molar refractivity (Wildman–Crippen MR) is 426 cm³/mol. The standard InChI is InChI=1S/C25H23N3O2S2.C14H12N2O6.C14H16N2O2.C6H5NO3.C6H7NS2.C2H4Br2.3CH4.HI/c26-22(23-9-3-13-31-23)16-18-5-1-7-20(15-18)29-11-12-30-21-8-2-6-19(17-21)28-25(27)24-10-4-14-32-24;17-15(18)11-3-1-5-13(9-11)21-7-8-22-14-6-2-4-12(10-14)16(19)20;15-11-3-1-5-13(9-11)17-7-8-18-14-6-2-4-12(16)10-14;8-6-3-1-2-5(4-6)7(9)10;1-8-6(7)5-3-2-4-9-5;3-1-2-4;;;;/h1-10,13-15,17,26H,11-12,16H2,(H2,27,28);1-6,9-10H,7-8H2;1-6,9-10H,7-8,15-16H2;1-4,8H;2-4,7H,1H3;1-2H2;3*1H4;1H. The molecule has 528 valence electrons. The third-order valence-electron chi connectivity index (χ3n) is 11.6. The number of hydrogen-bond acceptors (Lipinski definition) is 22. The van der Waals surface area contributed by atoms with E-state index in [9.17, 15) is 30.3 Å². The summed E-state index contributed by atoms with van der Waals surface area (Å²) in [5, 5.41) is 64.4. The number of rotatable bonds is 25. The summed E-state index contributed by atoms with van der Waals surface area (Å²) < 4.78 is 33.3. The van der Waals surface area contributed by atoms with Crippen LogP contribution in [0.2, 0.25) is 0 Å². The van der Waals surface area contributed by atoms with E-state index in [1.165, 1.54) is 66.4 Å². The van der Waals surface area contributed by atoms with Gasteiger partial charge in [-0.05, 0) is 113 Å². The van der Waals surface area contributed by atoms with Gasteiger partial charge in [0.1, 0.15) is 90.8 Å². The first-order valence-corrected chi connectivity index (χ1v) is 34.4. The van der Waals surface area contributed by atoms with Crippen LogP contribution in [0.1, 0.15) is 42.5 Å². The third-order valence-corrected chi connectivity index (χ3v) is 17.0. The first-order valence-electron chi connectivity index (χ1n) is 28.3. The molecule has 10 rings (SSSR count). The lowest BCUT2D eigenvalue weighted by atomic mass is 10.1. The van der Waals surface area contributed by atoms with E-state index in [0.717, 1.165) is 59.9 Å². The van der Waals surface area contributed by atoms with E-state index in [1.54, 1.807) is 58.3 Å². The van der Waals surface area contributed by atoms with Crippen LogP contribution in [-0.4, -0.2) is 93.0 Å². The Labute approximate surface area is 626 Å². The largest absolute Gasteiger partial charge is 0.508 e. The second-order valence-electron chi connectivity index (χ2n) is 18.7. The van der Waals surface area contributed by atoms with Crippen LogP contribution in [0, 0.1) is 41.2 Å². The number of nitro groups is 3. The Morgan fingerprint density at radius 1 is 0.485 bits per heavy atom. The molecule has 22 nitrogen and oxygen atoms in total. The molecule has 0 saturated heterocycles. The highest BCUT2D eigenvalue weighted by molar-refractivity contribution is 14.0. The highest BCUT2D eigenvalue weighted by atomic mass is 127. The Hall–Kier alpha value is -9.11. The summed E-state index contributed by atoms with van der Waals surface area (Å²) in [5.74, 6) is 4.09. The van der Waals surface area contributed by atoms with Gasteiger partial charge >= 0.3 is 0 Å². The van der Waals surface area contributed by atoms with E-state index in [4.69, 9.17) is 61.5 Å². The number of nitrogens with two attached hydrogens (primary N) is 3. The molecule has 0 aliphatic carbocycles. The number of phenols is 1. The van der Waals surface area contributed by atoms with E-state index in [-0.39, 0.29) is 82.3 Å². The molecule has 0 atom stereocenters. The Bertz CT molecular complexity index is 3890. The zero-order valence-electron chi connectivity index (χ0n) is 51.4. The highest BCUT2D eigenvalue weighted by Crippen LogP contribution is 2.25. The number of aromatic hydroxyl groups is 1. The number of benzene rings is 7. The van der Waals surface area contributed by atoms with Gasteiger partial charge in [0.2, 0.25) is 0 Å². The molecule has 10 aromatic rings. The van der Waals surface area contributed by atoms with Crippen molar-refractivity contribution in [3.05, 3.63) is 273 Å². The van der Waals surface area contributed by atoms with Crippen molar-refractivity contribution in [3.8, 4) is 40.2 Å². The minimum absolute atomic E-state index is 0. The molecule has 0 fully saturated rings. The normalized spacial score (nSPS) is 9.79. The molecular weight excluding hydrogens is 1590 g/mol. The van der Waals surface area contributed by atoms with Crippen molar-refractivity contribution in [2.75, 3.05) is 68.0 Å². The number of nitro benzene ring substituents is 3. The topological polar surface area (TPSA) is 343 Å². The SMILES string of the molecule is BrCCBr.C.C.C.CSC(=N)c1cccs1.I.N=C(Cc1cccc(OCCOc2cccc(N=C(N)c3cccs3)c2)c1)c1cccs1.Nc1cccc(OCCOc2cccc(N)c2)c1.O=[N+]([O-])c1cccc(O)c1.O=[N+]([O-])c1cccc(OCCOc2cccc([N+](=O)[O-])c2)c1. The molecule has 0 aliphatic rings. The monoisotopic (exact) mass is 1670 g/mol. The number of phenolic OH excluding ortho intramolecular Hbond substituents is 1. The number of nitrogens with one attached hydrogen (secondary N) is 2. The Balaban J connectivity index is 0.000000643. The summed E-state index contributed by atoms with van der Waals surface area (Å²) in [4.78, 5) is 37.2. The molecule has 3 aromatic heterocycles. The van der Waals surface area contributed by atoms with E-state index in [1.807, 2.05) is 144 Å². The number of anilines is 2. The molecule has 29 heteroatoms. The van der Waals surface area contributed by atoms with Gasteiger partial charge in [-0.1, -0.05) is 121 Å². The van der Waals surface area contributed by atoms with Crippen LogP contribution < -0.4 is 45.6 Å². The number of aliphatic imine (C=N–C) groups is 1. The second-order valence-corrected chi connectivity index (χ2v) is 23.9. The van der Waals surface area contributed by atoms with Gasteiger partial charge in [-0.2, -0.15) is 0 Å². The first kappa shape index (κ1) is 87.9. The number of amidine groups is 1. The van der Waals surface area contributed by atoms with E-state index in [0.29, 0.717) is 78.1 Å². The Kier molecular flexibility index (Phi) is 44.6. The maximum Gasteiger partial charge on any atom is 0.273 e. The summed E-state index contributed by atoms with van der Waals surface area (Å²) in [6.45, 7) is 2.05. The van der Waals surface area contributed by atoms with Crippen molar-refractivity contribution in [1.29, 1.82) is 10.8 Å². The smallest absolute Gasteiger partial charge is 0.273 e. The van der Waals surface area contributed by atoms with Crippen LogP contribution in [0.25, 0.3) is 0 Å². The van der Waals surface area contributed by atoms with Crippen LogP contribution in [-0.2, 0) is 6.42 Å². The minimum atomic E-state index is -0.556. The molecule has 0 aliphatic heterocycles. The van der Waals surface area contributed by atoms with Crippen molar-refractivity contribution in [1.82, 2.24) is 0 Å². The van der Waals surface area contributed by atoms with Gasteiger partial charge in [-0.25, -0.2) is 4.99 Å². The Morgan fingerprint density at radius 2 is 0.838 bits per heavy atom. The number of nitrogens with zero attached hydrogens (tertiary/aromatic N) is 4. The number of hydrogen-bond donors (Lipinski definition) is 6. The summed E-state index contributed by atoms with van der Waals surface area (Å²) in [6, 6.07) is 58.6. The highest BCUT2D eigenvalue weighted by Gasteiger charge is 2.10. The summed E-state index contributed by atoms with van der Waals surface area (Å²) in [5.41, 5.74) is 20.9. The van der Waals surface area contributed by atoms with Gasteiger partial charge in [0.15, 0.2) is 0 Å². The number of thiophene rings is 3. The number of nitrogen functional groups attached to an aromatic ring is 2. The zero-order chi connectivity index (χ0) is 68.6. The van der Waals surface area contributed by atoms with Gasteiger partial charge in [0.05, 0.1) is 54.1 Å². The fourth-order valence-corrected chi connectivity index (χ4v) is 9.94. The summed E-state index contributed by atoms with van der Waals surface area (Å²) in [7, 11) is 0. The molecular formula is C70H80Br2IN9O13S4. The van der Waals surface area contributed by atoms with Crippen LogP contribution in [0.15, 0.2) is 227 Å². The van der Waals surface area contributed by atoms with Crippen LogP contribution in [0.4, 0.5) is 34.1 Å². The number of ether oxygens (including phenoxy) is 6. The molecule has 0 spiro atoms. The van der Waals surface area contributed by atoms with Gasteiger partial charge in [0, 0.05) is 69.7 Å². The third kappa shape index (κ3) is 35.3. The fourth-order valence-electron chi connectivity index (χ4n) is 7.40. The lowest BCUT2D eigenvalue weighted by molar-refractivity contribution is -0.385. The van der Waals surface area contributed by atoms with E-state index < -0.39 is 14.8 Å². The maximum atomic E-state index is 10.6. The molecule has 7 aromatic carbocycles. The van der Waals surface area contributed by atoms with Crippen LogP contribution >= 0.6 is 102 Å². The fraction of sp³-hybridized carbons (Fsp3) is 0.186. The van der Waals surface area contributed by atoms with Crippen molar-refractivity contribution < 1.29 is 48.3 Å². The average Bonchev–Trinajstić information content (AvgIpc) is 1.96. The quantitative estimate of drug-likeness (QED) is 0.00452. The molecule has 99 heavy (non-hydrogen) atoms. The molecule has 0 bridgehead atoms. The number of alkyl halides is 2. The molecule has 0 amide bonds. The second kappa shape index (κ2) is 50.3. The molecule has 0 radical (unpaired) electrons. The molecule has 3 heterocycles. The zero-order valence-corrected chi connectivity index (χ0v) is 60.2. The summed E-state index contributed by atoms with van der Waals surface area (Å²) >= 11 is 12.6. The lowest BCUT2D eigenvalue weighted by Gasteiger charge is -2.10. The first-order chi connectivity index (χ1) is 45.9.